The van der Waals surface area contributed by atoms with E-state index in [1.807, 2.05) is 24.3 Å². The number of primary amides is 1. The quantitative estimate of drug-likeness (QED) is 0.514. The van der Waals surface area contributed by atoms with Crippen molar-refractivity contribution in [1.82, 2.24) is 4.90 Å². The minimum absolute atomic E-state index is 0.380. The third-order valence-corrected chi connectivity index (χ3v) is 7.05. The van der Waals surface area contributed by atoms with Crippen LogP contribution in [0.1, 0.15) is 47.8 Å². The Morgan fingerprint density at radius 3 is 2.15 bits per heavy atom. The van der Waals surface area contributed by atoms with Gasteiger partial charge in [-0.15, -0.1) is 0 Å². The summed E-state index contributed by atoms with van der Waals surface area (Å²) in [6.07, 6.45) is 1.14. The highest BCUT2D eigenvalue weighted by molar-refractivity contribution is 5.93. The summed E-state index contributed by atoms with van der Waals surface area (Å²) in [5, 5.41) is 0. The molecule has 1 fully saturated rings. The summed E-state index contributed by atoms with van der Waals surface area (Å²) < 4.78 is 0. The summed E-state index contributed by atoms with van der Waals surface area (Å²) in [5.74, 6) is 0.174. The van der Waals surface area contributed by atoms with E-state index < -0.39 is 0 Å². The summed E-state index contributed by atoms with van der Waals surface area (Å²) >= 11 is 0. The van der Waals surface area contributed by atoms with Crippen molar-refractivity contribution >= 4 is 11.6 Å². The SMILES string of the molecule is CCC(C)C(c1ccccc1-c1ccc(C)cc1)N1CCN(c2ccc(C(N)=O)cc2)CC1. The maximum atomic E-state index is 11.4. The fourth-order valence-electron chi connectivity index (χ4n) is 4.93. The Morgan fingerprint density at radius 2 is 1.55 bits per heavy atom. The lowest BCUT2D eigenvalue weighted by molar-refractivity contribution is 0.100. The molecule has 172 valence electrons. The summed E-state index contributed by atoms with van der Waals surface area (Å²) in [4.78, 5) is 16.4. The van der Waals surface area contributed by atoms with Crippen molar-refractivity contribution in [3.63, 3.8) is 0 Å². The first-order valence-electron chi connectivity index (χ1n) is 12.0. The summed E-state index contributed by atoms with van der Waals surface area (Å²) in [6, 6.07) is 25.9. The molecule has 3 aromatic carbocycles. The second kappa shape index (κ2) is 10.2. The predicted octanol–water partition coefficient (Wildman–Crippen LogP) is 5.67. The van der Waals surface area contributed by atoms with Crippen LogP contribution in [0.5, 0.6) is 0 Å². The molecule has 1 amide bonds. The first-order chi connectivity index (χ1) is 16.0. The molecule has 0 bridgehead atoms. The number of hydrogen-bond acceptors (Lipinski definition) is 3. The number of carbonyl (C=O) groups excluding carboxylic acids is 1. The zero-order chi connectivity index (χ0) is 23.4. The Kier molecular flexibility index (Phi) is 7.14. The molecule has 0 aromatic heterocycles. The van der Waals surface area contributed by atoms with Crippen molar-refractivity contribution in [2.45, 2.75) is 33.2 Å². The van der Waals surface area contributed by atoms with Crippen LogP contribution in [0, 0.1) is 12.8 Å². The van der Waals surface area contributed by atoms with Crippen molar-refractivity contribution < 1.29 is 4.79 Å². The highest BCUT2D eigenvalue weighted by Gasteiger charge is 2.30. The maximum absolute atomic E-state index is 11.4. The van der Waals surface area contributed by atoms with Crippen LogP contribution < -0.4 is 10.6 Å². The average molecular weight is 442 g/mol. The molecule has 33 heavy (non-hydrogen) atoms. The predicted molar refractivity (Wildman–Crippen MR) is 138 cm³/mol. The van der Waals surface area contributed by atoms with E-state index in [0.29, 0.717) is 17.5 Å². The van der Waals surface area contributed by atoms with E-state index in [1.165, 1.54) is 22.3 Å². The maximum Gasteiger partial charge on any atom is 0.248 e. The van der Waals surface area contributed by atoms with Crippen LogP contribution in [0.4, 0.5) is 5.69 Å². The fraction of sp³-hybridized carbons (Fsp3) is 0.345. The number of nitrogens with two attached hydrogens (primary N) is 1. The molecule has 0 aliphatic carbocycles. The molecule has 0 spiro atoms. The molecule has 1 heterocycles. The number of aryl methyl sites for hydroxylation is 1. The van der Waals surface area contributed by atoms with Gasteiger partial charge in [-0.25, -0.2) is 0 Å². The molecule has 2 unspecified atom stereocenters. The number of nitrogens with zero attached hydrogens (tertiary/aromatic N) is 2. The van der Waals surface area contributed by atoms with Gasteiger partial charge in [-0.1, -0.05) is 74.4 Å². The molecule has 4 heteroatoms. The van der Waals surface area contributed by atoms with Crippen LogP contribution in [0.2, 0.25) is 0 Å². The van der Waals surface area contributed by atoms with Gasteiger partial charge in [-0.3, -0.25) is 9.69 Å². The van der Waals surface area contributed by atoms with E-state index in [0.717, 1.165) is 38.3 Å². The number of carbonyl (C=O) groups is 1. The molecule has 2 N–H and O–H groups in total. The van der Waals surface area contributed by atoms with Gasteiger partial charge < -0.3 is 10.6 Å². The highest BCUT2D eigenvalue weighted by Crippen LogP contribution is 2.38. The molecule has 1 aliphatic heterocycles. The molecule has 3 aromatic rings. The molecule has 0 radical (unpaired) electrons. The Morgan fingerprint density at radius 1 is 0.909 bits per heavy atom. The molecular weight excluding hydrogens is 406 g/mol. The monoisotopic (exact) mass is 441 g/mol. The second-order valence-electron chi connectivity index (χ2n) is 9.22. The Balaban J connectivity index is 1.56. The van der Waals surface area contributed by atoms with E-state index in [2.05, 4.69) is 79.1 Å². The van der Waals surface area contributed by atoms with Crippen LogP contribution in [0.3, 0.4) is 0 Å². The van der Waals surface area contributed by atoms with Crippen LogP contribution in [0.15, 0.2) is 72.8 Å². The molecule has 4 rings (SSSR count). The second-order valence-corrected chi connectivity index (χ2v) is 9.22. The number of rotatable bonds is 7. The van der Waals surface area contributed by atoms with Crippen molar-refractivity contribution in [1.29, 1.82) is 0 Å². The van der Waals surface area contributed by atoms with Gasteiger partial charge in [0, 0.05) is 43.5 Å². The Bertz CT molecular complexity index is 1070. The van der Waals surface area contributed by atoms with E-state index in [-0.39, 0.29) is 5.91 Å². The first kappa shape index (κ1) is 23.1. The minimum Gasteiger partial charge on any atom is -0.369 e. The van der Waals surface area contributed by atoms with E-state index in [1.54, 1.807) is 0 Å². The number of hydrogen-bond donors (Lipinski definition) is 1. The van der Waals surface area contributed by atoms with Gasteiger partial charge >= 0.3 is 0 Å². The summed E-state index contributed by atoms with van der Waals surface area (Å²) in [5.41, 5.74) is 12.4. The highest BCUT2D eigenvalue weighted by atomic mass is 16.1. The third kappa shape index (κ3) is 5.12. The van der Waals surface area contributed by atoms with Gasteiger partial charge in [0.15, 0.2) is 0 Å². The third-order valence-electron chi connectivity index (χ3n) is 7.05. The lowest BCUT2D eigenvalue weighted by Gasteiger charge is -2.43. The van der Waals surface area contributed by atoms with Crippen molar-refractivity contribution in [3.8, 4) is 11.1 Å². The molecular formula is C29H35N3O. The molecule has 1 saturated heterocycles. The molecule has 2 atom stereocenters. The van der Waals surface area contributed by atoms with Gasteiger partial charge in [-0.2, -0.15) is 0 Å². The van der Waals surface area contributed by atoms with Crippen molar-refractivity contribution in [2.75, 3.05) is 31.1 Å². The lowest BCUT2D eigenvalue weighted by atomic mass is 9.85. The average Bonchev–Trinajstić information content (AvgIpc) is 2.85. The van der Waals surface area contributed by atoms with E-state index >= 15 is 0 Å². The number of piperazine rings is 1. The zero-order valence-corrected chi connectivity index (χ0v) is 20.0. The summed E-state index contributed by atoms with van der Waals surface area (Å²) in [7, 11) is 0. The van der Waals surface area contributed by atoms with Crippen molar-refractivity contribution in [3.05, 3.63) is 89.5 Å². The topological polar surface area (TPSA) is 49.6 Å². The van der Waals surface area contributed by atoms with Crippen molar-refractivity contribution in [2.24, 2.45) is 11.7 Å². The van der Waals surface area contributed by atoms with Gasteiger partial charge in [0.05, 0.1) is 0 Å². The number of benzene rings is 3. The van der Waals surface area contributed by atoms with Crippen LogP contribution in [-0.2, 0) is 0 Å². The van der Waals surface area contributed by atoms with Gasteiger partial charge in [-0.05, 0) is 53.8 Å². The fourth-order valence-corrected chi connectivity index (χ4v) is 4.93. The largest absolute Gasteiger partial charge is 0.369 e. The van der Waals surface area contributed by atoms with Crippen LogP contribution in [-0.4, -0.2) is 37.0 Å². The smallest absolute Gasteiger partial charge is 0.248 e. The molecule has 4 nitrogen and oxygen atoms in total. The number of anilines is 1. The minimum atomic E-state index is -0.380. The molecule has 0 saturated carbocycles. The van der Waals surface area contributed by atoms with Gasteiger partial charge in [0.25, 0.3) is 0 Å². The molecule has 1 aliphatic rings. The first-order valence-corrected chi connectivity index (χ1v) is 12.0. The lowest BCUT2D eigenvalue weighted by Crippen LogP contribution is -2.49. The zero-order valence-electron chi connectivity index (χ0n) is 20.0. The van der Waals surface area contributed by atoms with E-state index in [9.17, 15) is 4.79 Å². The van der Waals surface area contributed by atoms with Crippen LogP contribution in [0.25, 0.3) is 11.1 Å². The van der Waals surface area contributed by atoms with Crippen LogP contribution >= 0.6 is 0 Å². The van der Waals surface area contributed by atoms with Gasteiger partial charge in [0.1, 0.15) is 0 Å². The Hall–Kier alpha value is -3.11. The summed E-state index contributed by atoms with van der Waals surface area (Å²) in [6.45, 7) is 10.8. The standard InChI is InChI=1S/C29H35N3O/c1-4-22(3)28(27-8-6-5-7-26(27)23-11-9-21(2)10-12-23)32-19-17-31(18-20-32)25-15-13-24(14-16-25)29(30)33/h5-16,22,28H,4,17-20H2,1-3H3,(H2,30,33). The normalized spacial score (nSPS) is 16.4. The number of amides is 1. The Labute approximate surface area is 198 Å². The van der Waals surface area contributed by atoms with E-state index in [4.69, 9.17) is 5.73 Å². The van der Waals surface area contributed by atoms with Gasteiger partial charge in [0.2, 0.25) is 5.91 Å².